The molecule has 0 amide bonds. The van der Waals surface area contributed by atoms with Crippen LogP contribution in [0.3, 0.4) is 0 Å². The molecule has 1 unspecified atom stereocenters. The highest BCUT2D eigenvalue weighted by Crippen LogP contribution is 2.62. The molecule has 1 aromatic rings. The molecule has 1 aliphatic carbocycles. The van der Waals surface area contributed by atoms with Crippen LogP contribution in [0.15, 0.2) is 18.2 Å². The second kappa shape index (κ2) is 3.64. The van der Waals surface area contributed by atoms with Gasteiger partial charge in [-0.05, 0) is 12.1 Å². The number of alkyl halides is 5. The lowest BCUT2D eigenvalue weighted by molar-refractivity contribution is -0.143. The molecule has 8 heteroatoms. The van der Waals surface area contributed by atoms with Gasteiger partial charge in [0.2, 0.25) is 0 Å². The monoisotopic (exact) mass is 284 g/mol. The molecule has 0 aliphatic heterocycles. The van der Waals surface area contributed by atoms with E-state index in [4.69, 9.17) is 5.11 Å². The van der Waals surface area contributed by atoms with Crippen molar-refractivity contribution < 1.29 is 36.2 Å². The minimum atomic E-state index is -4.83. The van der Waals surface area contributed by atoms with Crippen LogP contribution in [0.1, 0.15) is 17.5 Å². The first kappa shape index (κ1) is 13.7. The molecule has 1 saturated carbocycles. The van der Waals surface area contributed by atoms with Gasteiger partial charge >= 0.3 is 12.1 Å². The van der Waals surface area contributed by atoms with Crippen LogP contribution in [0.4, 0.5) is 26.3 Å². The van der Waals surface area contributed by atoms with E-state index in [9.17, 15) is 31.1 Å². The van der Waals surface area contributed by atoms with Crippen molar-refractivity contribution in [2.45, 2.75) is 23.9 Å². The number of carboxylic acid groups (broad SMARTS) is 1. The molecule has 1 aliphatic rings. The minimum Gasteiger partial charge on any atom is -0.480 e. The zero-order valence-corrected chi connectivity index (χ0v) is 9.06. The molecule has 0 aromatic heterocycles. The van der Waals surface area contributed by atoms with Crippen molar-refractivity contribution >= 4 is 5.97 Å². The quantitative estimate of drug-likeness (QED) is 0.847. The fraction of sp³-hybridized carbons (Fsp3) is 0.364. The maximum Gasteiger partial charge on any atom is 0.416 e. The summed E-state index contributed by atoms with van der Waals surface area (Å²) in [7, 11) is 0. The minimum absolute atomic E-state index is 0.0222. The fourth-order valence-corrected chi connectivity index (χ4v) is 1.97. The van der Waals surface area contributed by atoms with Crippen LogP contribution in [-0.4, -0.2) is 17.0 Å². The highest BCUT2D eigenvalue weighted by atomic mass is 19.4. The van der Waals surface area contributed by atoms with E-state index < -0.39 is 46.8 Å². The molecule has 19 heavy (non-hydrogen) atoms. The second-order valence-electron chi connectivity index (χ2n) is 4.28. The van der Waals surface area contributed by atoms with Crippen molar-refractivity contribution in [1.82, 2.24) is 0 Å². The third-order valence-electron chi connectivity index (χ3n) is 3.11. The number of rotatable bonds is 2. The van der Waals surface area contributed by atoms with Gasteiger partial charge in [0.25, 0.3) is 5.92 Å². The summed E-state index contributed by atoms with van der Waals surface area (Å²) in [6, 6.07) is 0.860. The molecule has 0 radical (unpaired) electrons. The molecule has 104 valence electrons. The summed E-state index contributed by atoms with van der Waals surface area (Å²) in [5, 5.41) is 8.78. The lowest BCUT2D eigenvalue weighted by Gasteiger charge is -2.14. The van der Waals surface area contributed by atoms with Gasteiger partial charge in [-0.15, -0.1) is 0 Å². The highest BCUT2D eigenvalue weighted by Gasteiger charge is 2.78. The Hall–Kier alpha value is -1.73. The lowest BCUT2D eigenvalue weighted by atomic mass is 9.93. The van der Waals surface area contributed by atoms with Crippen LogP contribution >= 0.6 is 0 Å². The molecule has 1 N–H and O–H groups in total. The Kier molecular flexibility index (Phi) is 2.63. The predicted octanol–water partition coefficient (Wildman–Crippen LogP) is 3.21. The second-order valence-corrected chi connectivity index (χ2v) is 4.28. The molecule has 2 rings (SSSR count). The van der Waals surface area contributed by atoms with Gasteiger partial charge in [0.1, 0.15) is 5.82 Å². The highest BCUT2D eigenvalue weighted by molar-refractivity contribution is 5.87. The molecule has 1 atom stereocenters. The molecular weight excluding hydrogens is 278 g/mol. The maximum absolute atomic E-state index is 13.5. The Labute approximate surface area is 102 Å². The van der Waals surface area contributed by atoms with E-state index in [0.29, 0.717) is 12.1 Å². The summed E-state index contributed by atoms with van der Waals surface area (Å²) >= 11 is 0. The zero-order chi connectivity index (χ0) is 14.6. The van der Waals surface area contributed by atoms with Crippen LogP contribution < -0.4 is 0 Å². The lowest BCUT2D eigenvalue weighted by Crippen LogP contribution is -2.28. The van der Waals surface area contributed by atoms with Crippen LogP contribution in [0.25, 0.3) is 0 Å². The number of carbonyl (C=O) groups is 1. The zero-order valence-electron chi connectivity index (χ0n) is 9.06. The third-order valence-corrected chi connectivity index (χ3v) is 3.11. The molecule has 1 fully saturated rings. The topological polar surface area (TPSA) is 37.3 Å². The number of halogens is 6. The molecule has 1 aromatic carbocycles. The van der Waals surface area contributed by atoms with Crippen molar-refractivity contribution in [2.75, 3.05) is 0 Å². The van der Waals surface area contributed by atoms with Crippen molar-refractivity contribution in [3.05, 3.63) is 35.1 Å². The van der Waals surface area contributed by atoms with Gasteiger partial charge in [0.15, 0.2) is 5.41 Å². The molecule has 0 bridgehead atoms. The number of aliphatic carboxylic acids is 1. The molecule has 2 nitrogen and oxygen atoms in total. The number of benzene rings is 1. The molecule has 0 saturated heterocycles. The van der Waals surface area contributed by atoms with Gasteiger partial charge in [-0.1, -0.05) is 6.07 Å². The first-order valence-corrected chi connectivity index (χ1v) is 5.01. The van der Waals surface area contributed by atoms with Gasteiger partial charge in [-0.3, -0.25) is 4.79 Å². The summed E-state index contributed by atoms with van der Waals surface area (Å²) in [6.07, 6.45) is -5.96. The summed E-state index contributed by atoms with van der Waals surface area (Å²) < 4.78 is 76.7. The number of carboxylic acids is 1. The van der Waals surface area contributed by atoms with E-state index in [1.807, 2.05) is 0 Å². The van der Waals surface area contributed by atoms with Crippen LogP contribution in [0.5, 0.6) is 0 Å². The predicted molar refractivity (Wildman–Crippen MR) is 50.3 cm³/mol. The Morgan fingerprint density at radius 3 is 2.11 bits per heavy atom. The average molecular weight is 284 g/mol. The van der Waals surface area contributed by atoms with Crippen molar-refractivity contribution in [1.29, 1.82) is 0 Å². The third kappa shape index (κ3) is 1.85. The van der Waals surface area contributed by atoms with Crippen LogP contribution in [0, 0.1) is 5.82 Å². The normalized spacial score (nSPS) is 25.2. The van der Waals surface area contributed by atoms with Crippen molar-refractivity contribution in [3.63, 3.8) is 0 Å². The van der Waals surface area contributed by atoms with E-state index in [-0.39, 0.29) is 6.07 Å². The smallest absolute Gasteiger partial charge is 0.416 e. The standard InChI is InChI=1S/C11H6F6O2/c12-7-3-5(11(15,16)17)1-2-6(7)9(8(18)19)4-10(9,13)14/h1-3H,4H2,(H,18,19). The molecule has 0 heterocycles. The Morgan fingerprint density at radius 2 is 1.79 bits per heavy atom. The van der Waals surface area contributed by atoms with E-state index >= 15 is 0 Å². The Morgan fingerprint density at radius 1 is 1.26 bits per heavy atom. The summed E-state index contributed by atoms with van der Waals surface area (Å²) in [5.41, 5.74) is -5.06. The number of hydrogen-bond donors (Lipinski definition) is 1. The first-order chi connectivity index (χ1) is 8.52. The van der Waals surface area contributed by atoms with E-state index in [2.05, 4.69) is 0 Å². The fourth-order valence-electron chi connectivity index (χ4n) is 1.97. The Bertz CT molecular complexity index is 551. The SMILES string of the molecule is O=C(O)C1(c2ccc(C(F)(F)F)cc2F)CC1(F)F. The van der Waals surface area contributed by atoms with Crippen molar-refractivity contribution in [3.8, 4) is 0 Å². The summed E-state index contributed by atoms with van der Waals surface area (Å²) in [4.78, 5) is 10.9. The Balaban J connectivity index is 2.52. The largest absolute Gasteiger partial charge is 0.480 e. The van der Waals surface area contributed by atoms with Crippen molar-refractivity contribution in [2.24, 2.45) is 0 Å². The average Bonchev–Trinajstić information content (AvgIpc) is 2.81. The van der Waals surface area contributed by atoms with Crippen LogP contribution in [0.2, 0.25) is 0 Å². The molecule has 0 spiro atoms. The summed E-state index contributed by atoms with van der Waals surface area (Å²) in [6.45, 7) is 0. The van der Waals surface area contributed by atoms with E-state index in [1.54, 1.807) is 0 Å². The van der Waals surface area contributed by atoms with E-state index in [1.165, 1.54) is 0 Å². The maximum atomic E-state index is 13.5. The van der Waals surface area contributed by atoms with Gasteiger partial charge in [0.05, 0.1) is 5.56 Å². The first-order valence-electron chi connectivity index (χ1n) is 5.01. The van der Waals surface area contributed by atoms with E-state index in [0.717, 1.165) is 0 Å². The number of hydrogen-bond acceptors (Lipinski definition) is 1. The van der Waals surface area contributed by atoms with Gasteiger partial charge < -0.3 is 5.11 Å². The van der Waals surface area contributed by atoms with Gasteiger partial charge in [-0.25, -0.2) is 13.2 Å². The van der Waals surface area contributed by atoms with Gasteiger partial charge in [-0.2, -0.15) is 13.2 Å². The molecular formula is C11H6F6O2. The van der Waals surface area contributed by atoms with Gasteiger partial charge in [0, 0.05) is 12.0 Å². The summed E-state index contributed by atoms with van der Waals surface area (Å²) in [5.74, 6) is -7.23. The van der Waals surface area contributed by atoms with Crippen LogP contribution in [-0.2, 0) is 16.4 Å².